The molecular formula is C17H26N2O. The van der Waals surface area contributed by atoms with Crippen molar-refractivity contribution in [2.45, 2.75) is 38.8 Å². The van der Waals surface area contributed by atoms with E-state index in [4.69, 9.17) is 0 Å². The normalized spacial score (nSPS) is 19.2. The maximum absolute atomic E-state index is 12.5. The second kappa shape index (κ2) is 6.51. The van der Waals surface area contributed by atoms with E-state index in [0.29, 0.717) is 6.04 Å². The van der Waals surface area contributed by atoms with Crippen LogP contribution < -0.4 is 0 Å². The van der Waals surface area contributed by atoms with Gasteiger partial charge in [-0.05, 0) is 40.8 Å². The van der Waals surface area contributed by atoms with Gasteiger partial charge < -0.3 is 4.90 Å². The van der Waals surface area contributed by atoms with E-state index < -0.39 is 0 Å². The Labute approximate surface area is 122 Å². The third kappa shape index (κ3) is 3.47. The monoisotopic (exact) mass is 274 g/mol. The van der Waals surface area contributed by atoms with Crippen LogP contribution >= 0.6 is 0 Å². The van der Waals surface area contributed by atoms with Crippen LogP contribution in [0.25, 0.3) is 0 Å². The number of aryl methyl sites for hydroxylation is 1. The SMILES string of the molecule is Cc1ccc(C(=O)C(C)N2CCC(N(C)C)CC2)cc1. The summed E-state index contributed by atoms with van der Waals surface area (Å²) >= 11 is 0. The number of Topliss-reactive ketones (excluding diaryl/α,β-unsaturated/α-hetero) is 1. The molecule has 1 aliphatic rings. The minimum Gasteiger partial charge on any atom is -0.306 e. The number of hydrogen-bond donors (Lipinski definition) is 0. The zero-order valence-corrected chi connectivity index (χ0v) is 13.1. The molecule has 1 heterocycles. The Morgan fingerprint density at radius 3 is 2.25 bits per heavy atom. The van der Waals surface area contributed by atoms with Gasteiger partial charge in [-0.2, -0.15) is 0 Å². The number of piperidine rings is 1. The van der Waals surface area contributed by atoms with Crippen LogP contribution in [0.5, 0.6) is 0 Å². The molecule has 110 valence electrons. The second-order valence-corrected chi connectivity index (χ2v) is 6.14. The maximum atomic E-state index is 12.5. The van der Waals surface area contributed by atoms with Gasteiger partial charge in [-0.3, -0.25) is 9.69 Å². The Morgan fingerprint density at radius 1 is 1.20 bits per heavy atom. The van der Waals surface area contributed by atoms with Gasteiger partial charge in [-0.15, -0.1) is 0 Å². The molecular weight excluding hydrogens is 248 g/mol. The Bertz CT molecular complexity index is 445. The molecule has 0 spiro atoms. The average Bonchev–Trinajstić information content (AvgIpc) is 2.46. The molecule has 0 saturated carbocycles. The zero-order valence-electron chi connectivity index (χ0n) is 13.1. The summed E-state index contributed by atoms with van der Waals surface area (Å²) in [5.74, 6) is 0.244. The first-order valence-corrected chi connectivity index (χ1v) is 7.50. The topological polar surface area (TPSA) is 23.6 Å². The zero-order chi connectivity index (χ0) is 14.7. The second-order valence-electron chi connectivity index (χ2n) is 6.14. The van der Waals surface area contributed by atoms with Crippen LogP contribution in [0.4, 0.5) is 0 Å². The molecule has 20 heavy (non-hydrogen) atoms. The fraction of sp³-hybridized carbons (Fsp3) is 0.588. The van der Waals surface area contributed by atoms with Crippen LogP contribution in [0, 0.1) is 6.92 Å². The number of nitrogens with zero attached hydrogens (tertiary/aromatic N) is 2. The summed E-state index contributed by atoms with van der Waals surface area (Å²) in [5, 5.41) is 0. The first-order valence-electron chi connectivity index (χ1n) is 7.50. The van der Waals surface area contributed by atoms with E-state index in [0.717, 1.165) is 31.5 Å². The molecule has 1 saturated heterocycles. The van der Waals surface area contributed by atoms with Gasteiger partial charge in [0.25, 0.3) is 0 Å². The van der Waals surface area contributed by atoms with Crippen LogP contribution in [-0.2, 0) is 0 Å². The van der Waals surface area contributed by atoms with Crippen molar-refractivity contribution < 1.29 is 4.79 Å². The van der Waals surface area contributed by atoms with Gasteiger partial charge >= 0.3 is 0 Å². The molecule has 3 nitrogen and oxygen atoms in total. The molecule has 1 aliphatic heterocycles. The number of rotatable bonds is 4. The summed E-state index contributed by atoms with van der Waals surface area (Å²) in [6.07, 6.45) is 2.30. The average molecular weight is 274 g/mol. The summed E-state index contributed by atoms with van der Waals surface area (Å²) in [6.45, 7) is 6.12. The first kappa shape index (κ1) is 15.2. The summed E-state index contributed by atoms with van der Waals surface area (Å²) in [4.78, 5) is 17.1. The highest BCUT2D eigenvalue weighted by molar-refractivity contribution is 5.99. The third-order valence-corrected chi connectivity index (χ3v) is 4.49. The summed E-state index contributed by atoms with van der Waals surface area (Å²) in [6, 6.07) is 8.56. The van der Waals surface area contributed by atoms with E-state index in [-0.39, 0.29) is 11.8 Å². The molecule has 0 radical (unpaired) electrons. The van der Waals surface area contributed by atoms with Crippen molar-refractivity contribution in [2.24, 2.45) is 0 Å². The predicted molar refractivity (Wildman–Crippen MR) is 83.3 cm³/mol. The fourth-order valence-corrected chi connectivity index (χ4v) is 2.91. The largest absolute Gasteiger partial charge is 0.306 e. The van der Waals surface area contributed by atoms with Crippen molar-refractivity contribution in [2.75, 3.05) is 27.2 Å². The quantitative estimate of drug-likeness (QED) is 0.789. The van der Waals surface area contributed by atoms with Gasteiger partial charge in [-0.1, -0.05) is 29.8 Å². The smallest absolute Gasteiger partial charge is 0.179 e. The molecule has 0 bridgehead atoms. The third-order valence-electron chi connectivity index (χ3n) is 4.49. The highest BCUT2D eigenvalue weighted by atomic mass is 16.1. The predicted octanol–water partition coefficient (Wildman–Crippen LogP) is 2.59. The number of benzene rings is 1. The van der Waals surface area contributed by atoms with Gasteiger partial charge in [0.2, 0.25) is 0 Å². The van der Waals surface area contributed by atoms with Crippen molar-refractivity contribution >= 4 is 5.78 Å². The van der Waals surface area contributed by atoms with E-state index in [9.17, 15) is 4.79 Å². The number of hydrogen-bond acceptors (Lipinski definition) is 3. The number of ketones is 1. The lowest BCUT2D eigenvalue weighted by molar-refractivity contribution is 0.0736. The summed E-state index contributed by atoms with van der Waals surface area (Å²) in [7, 11) is 4.28. The van der Waals surface area contributed by atoms with Crippen LogP contribution in [-0.4, -0.2) is 54.9 Å². The van der Waals surface area contributed by atoms with Gasteiger partial charge in [0.1, 0.15) is 0 Å². The molecule has 0 amide bonds. The van der Waals surface area contributed by atoms with E-state index in [1.165, 1.54) is 5.56 Å². The highest BCUT2D eigenvalue weighted by Crippen LogP contribution is 2.18. The summed E-state index contributed by atoms with van der Waals surface area (Å²) in [5.41, 5.74) is 2.03. The lowest BCUT2D eigenvalue weighted by Crippen LogP contribution is -2.47. The minimum atomic E-state index is -0.0131. The number of carbonyl (C=O) groups is 1. The van der Waals surface area contributed by atoms with Crippen molar-refractivity contribution in [1.82, 2.24) is 9.80 Å². The Morgan fingerprint density at radius 2 is 1.75 bits per heavy atom. The lowest BCUT2D eigenvalue weighted by Gasteiger charge is -2.37. The highest BCUT2D eigenvalue weighted by Gasteiger charge is 2.27. The summed E-state index contributed by atoms with van der Waals surface area (Å²) < 4.78 is 0. The molecule has 0 aromatic heterocycles. The van der Waals surface area contributed by atoms with Crippen molar-refractivity contribution in [3.8, 4) is 0 Å². The Kier molecular flexibility index (Phi) is 4.95. The van der Waals surface area contributed by atoms with Crippen LogP contribution in [0.3, 0.4) is 0 Å². The van der Waals surface area contributed by atoms with Gasteiger partial charge in [0.05, 0.1) is 6.04 Å². The molecule has 0 N–H and O–H groups in total. The molecule has 3 heteroatoms. The molecule has 1 fully saturated rings. The molecule has 0 aliphatic carbocycles. The Hall–Kier alpha value is -1.19. The van der Waals surface area contributed by atoms with E-state index in [1.54, 1.807) is 0 Å². The minimum absolute atomic E-state index is 0.0131. The maximum Gasteiger partial charge on any atom is 0.179 e. The molecule has 2 rings (SSSR count). The fourth-order valence-electron chi connectivity index (χ4n) is 2.91. The van der Waals surface area contributed by atoms with E-state index >= 15 is 0 Å². The molecule has 1 atom stereocenters. The molecule has 1 unspecified atom stereocenters. The Balaban J connectivity index is 1.96. The van der Waals surface area contributed by atoms with Crippen LogP contribution in [0.2, 0.25) is 0 Å². The van der Waals surface area contributed by atoms with Gasteiger partial charge in [0, 0.05) is 24.7 Å². The van der Waals surface area contributed by atoms with Crippen LogP contribution in [0.1, 0.15) is 35.7 Å². The van der Waals surface area contributed by atoms with E-state index in [1.807, 2.05) is 38.1 Å². The molecule has 1 aromatic rings. The number of carbonyl (C=O) groups excluding carboxylic acids is 1. The number of likely N-dealkylation sites (tertiary alicyclic amines) is 1. The first-order chi connectivity index (χ1) is 9.49. The van der Waals surface area contributed by atoms with Crippen molar-refractivity contribution in [1.29, 1.82) is 0 Å². The van der Waals surface area contributed by atoms with E-state index in [2.05, 4.69) is 23.9 Å². The van der Waals surface area contributed by atoms with Gasteiger partial charge in [-0.25, -0.2) is 0 Å². The van der Waals surface area contributed by atoms with Crippen LogP contribution in [0.15, 0.2) is 24.3 Å². The lowest BCUT2D eigenvalue weighted by atomic mass is 9.98. The van der Waals surface area contributed by atoms with Gasteiger partial charge in [0.15, 0.2) is 5.78 Å². The van der Waals surface area contributed by atoms with Crippen molar-refractivity contribution in [3.63, 3.8) is 0 Å². The molecule has 1 aromatic carbocycles. The standard InChI is InChI=1S/C17H26N2O/c1-13-5-7-15(8-6-13)17(20)14(2)19-11-9-16(10-12-19)18(3)4/h5-8,14,16H,9-12H2,1-4H3. The van der Waals surface area contributed by atoms with Crippen molar-refractivity contribution in [3.05, 3.63) is 35.4 Å².